The molecule has 0 saturated carbocycles. The lowest BCUT2D eigenvalue weighted by Gasteiger charge is -2.26. The molecule has 0 bridgehead atoms. The van der Waals surface area contributed by atoms with Gasteiger partial charge in [0, 0.05) is 6.61 Å². The summed E-state index contributed by atoms with van der Waals surface area (Å²) in [4.78, 5) is 0. The second kappa shape index (κ2) is 5.48. The first-order valence-electron chi connectivity index (χ1n) is 6.18. The third kappa shape index (κ3) is 3.08. The van der Waals surface area contributed by atoms with Gasteiger partial charge in [0.1, 0.15) is 0 Å². The van der Waals surface area contributed by atoms with Crippen LogP contribution >= 0.6 is 0 Å². The summed E-state index contributed by atoms with van der Waals surface area (Å²) in [7, 11) is 0. The van der Waals surface area contributed by atoms with E-state index in [2.05, 4.69) is 5.43 Å². The first kappa shape index (κ1) is 14.3. The van der Waals surface area contributed by atoms with Crippen LogP contribution in [0.5, 0.6) is 0 Å². The number of alkyl halides is 3. The topological polar surface area (TPSA) is 47.3 Å². The molecular formula is C13H17F3N2O. The molecule has 3 N–H and O–H groups in total. The van der Waals surface area contributed by atoms with Gasteiger partial charge in [-0.2, -0.15) is 13.2 Å². The predicted molar refractivity (Wildman–Crippen MR) is 65.0 cm³/mol. The Bertz CT molecular complexity index is 419. The molecule has 1 aliphatic heterocycles. The molecule has 3 nitrogen and oxygen atoms in total. The van der Waals surface area contributed by atoms with Crippen LogP contribution < -0.4 is 11.3 Å². The van der Waals surface area contributed by atoms with Crippen LogP contribution in [0.25, 0.3) is 0 Å². The Hall–Kier alpha value is -1.11. The van der Waals surface area contributed by atoms with Gasteiger partial charge in [-0.1, -0.05) is 19.1 Å². The van der Waals surface area contributed by atoms with Gasteiger partial charge in [-0.05, 0) is 30.0 Å². The van der Waals surface area contributed by atoms with E-state index in [-0.39, 0.29) is 12.1 Å². The number of hydrogen-bond acceptors (Lipinski definition) is 3. The smallest absolute Gasteiger partial charge is 0.376 e. The van der Waals surface area contributed by atoms with Crippen LogP contribution in [0.2, 0.25) is 0 Å². The highest BCUT2D eigenvalue weighted by molar-refractivity contribution is 5.27. The monoisotopic (exact) mass is 274 g/mol. The van der Waals surface area contributed by atoms with E-state index < -0.39 is 11.7 Å². The maximum absolute atomic E-state index is 12.5. The fraction of sp³-hybridized carbons (Fsp3) is 0.538. The number of hydrogen-bond donors (Lipinski definition) is 2. The minimum atomic E-state index is -4.32. The van der Waals surface area contributed by atoms with Crippen molar-refractivity contribution in [2.24, 2.45) is 11.8 Å². The summed E-state index contributed by atoms with van der Waals surface area (Å²) in [6.45, 7) is 2.71. The number of benzene rings is 1. The van der Waals surface area contributed by atoms with Crippen LogP contribution in [0.15, 0.2) is 24.3 Å². The molecule has 3 atom stereocenters. The predicted octanol–water partition coefficient (Wildman–Crippen LogP) is 2.63. The molecule has 2 rings (SSSR count). The molecule has 19 heavy (non-hydrogen) atoms. The number of hydrazine groups is 1. The SMILES string of the molecule is CC1CCOC1C(NN)c1ccc(C(F)(F)F)cc1. The average Bonchev–Trinajstić information content (AvgIpc) is 2.76. The maximum Gasteiger partial charge on any atom is 0.416 e. The zero-order chi connectivity index (χ0) is 14.0. The van der Waals surface area contributed by atoms with Gasteiger partial charge >= 0.3 is 6.18 Å². The Balaban J connectivity index is 2.19. The van der Waals surface area contributed by atoms with Gasteiger partial charge in [0.05, 0.1) is 17.7 Å². The Morgan fingerprint density at radius 3 is 2.37 bits per heavy atom. The summed E-state index contributed by atoms with van der Waals surface area (Å²) >= 11 is 0. The summed E-state index contributed by atoms with van der Waals surface area (Å²) in [6, 6.07) is 4.74. The van der Waals surface area contributed by atoms with Crippen molar-refractivity contribution >= 4 is 0 Å². The Morgan fingerprint density at radius 2 is 1.95 bits per heavy atom. The molecule has 0 radical (unpaired) electrons. The molecule has 0 aliphatic carbocycles. The molecule has 1 heterocycles. The Morgan fingerprint density at radius 1 is 1.32 bits per heavy atom. The molecule has 1 aliphatic rings. The van der Waals surface area contributed by atoms with Crippen LogP contribution in [0.1, 0.15) is 30.5 Å². The molecule has 1 fully saturated rings. The highest BCUT2D eigenvalue weighted by Crippen LogP contribution is 2.33. The van der Waals surface area contributed by atoms with Crippen LogP contribution in [0, 0.1) is 5.92 Å². The van der Waals surface area contributed by atoms with Crippen molar-refractivity contribution in [3.8, 4) is 0 Å². The van der Waals surface area contributed by atoms with Gasteiger partial charge in [0.25, 0.3) is 0 Å². The van der Waals surface area contributed by atoms with Crippen molar-refractivity contribution in [1.29, 1.82) is 0 Å². The standard InChI is InChI=1S/C13H17F3N2O/c1-8-6-7-19-12(8)11(18-17)9-2-4-10(5-3-9)13(14,15)16/h2-5,8,11-12,18H,6-7,17H2,1H3. The van der Waals surface area contributed by atoms with Crippen molar-refractivity contribution < 1.29 is 17.9 Å². The number of halogens is 3. The number of nitrogens with two attached hydrogens (primary N) is 1. The molecule has 0 aromatic heterocycles. The van der Waals surface area contributed by atoms with E-state index in [1.807, 2.05) is 6.92 Å². The molecular weight excluding hydrogens is 257 g/mol. The molecule has 3 unspecified atom stereocenters. The summed E-state index contributed by atoms with van der Waals surface area (Å²) in [6.07, 6.45) is -3.49. The quantitative estimate of drug-likeness (QED) is 0.658. The summed E-state index contributed by atoms with van der Waals surface area (Å²) in [5, 5.41) is 0. The summed E-state index contributed by atoms with van der Waals surface area (Å²) in [5.74, 6) is 5.84. The largest absolute Gasteiger partial charge is 0.416 e. The Kier molecular flexibility index (Phi) is 4.13. The van der Waals surface area contributed by atoms with E-state index in [1.165, 1.54) is 12.1 Å². The average molecular weight is 274 g/mol. The van der Waals surface area contributed by atoms with Gasteiger partial charge in [-0.25, -0.2) is 0 Å². The molecule has 0 amide bonds. The van der Waals surface area contributed by atoms with Crippen molar-refractivity contribution in [3.63, 3.8) is 0 Å². The van der Waals surface area contributed by atoms with Crippen molar-refractivity contribution in [1.82, 2.24) is 5.43 Å². The fourth-order valence-electron chi connectivity index (χ4n) is 2.40. The summed E-state index contributed by atoms with van der Waals surface area (Å²) < 4.78 is 43.1. The van der Waals surface area contributed by atoms with Crippen LogP contribution in [-0.4, -0.2) is 12.7 Å². The zero-order valence-electron chi connectivity index (χ0n) is 10.6. The second-order valence-electron chi connectivity index (χ2n) is 4.87. The van der Waals surface area contributed by atoms with Crippen molar-refractivity contribution in [3.05, 3.63) is 35.4 Å². The highest BCUT2D eigenvalue weighted by Gasteiger charge is 2.34. The Labute approximate surface area is 109 Å². The van der Waals surface area contributed by atoms with Gasteiger partial charge in [0.15, 0.2) is 0 Å². The highest BCUT2D eigenvalue weighted by atomic mass is 19.4. The van der Waals surface area contributed by atoms with E-state index in [9.17, 15) is 13.2 Å². The molecule has 6 heteroatoms. The second-order valence-corrected chi connectivity index (χ2v) is 4.87. The molecule has 1 aromatic carbocycles. The normalized spacial score (nSPS) is 25.5. The van der Waals surface area contributed by atoms with Crippen LogP contribution in [-0.2, 0) is 10.9 Å². The zero-order valence-corrected chi connectivity index (χ0v) is 10.6. The molecule has 0 spiro atoms. The molecule has 1 saturated heterocycles. The molecule has 106 valence electrons. The van der Waals surface area contributed by atoms with Crippen molar-refractivity contribution in [2.45, 2.75) is 31.7 Å². The van der Waals surface area contributed by atoms with Crippen LogP contribution in [0.4, 0.5) is 13.2 Å². The van der Waals surface area contributed by atoms with Gasteiger partial charge in [-0.3, -0.25) is 11.3 Å². The lowest BCUT2D eigenvalue weighted by atomic mass is 9.92. The number of nitrogens with one attached hydrogen (secondary N) is 1. The number of ether oxygens (including phenoxy) is 1. The third-order valence-electron chi connectivity index (χ3n) is 3.55. The first-order chi connectivity index (χ1) is 8.93. The first-order valence-corrected chi connectivity index (χ1v) is 6.18. The van der Waals surface area contributed by atoms with E-state index in [0.717, 1.165) is 18.6 Å². The van der Waals surface area contributed by atoms with E-state index in [1.54, 1.807) is 0 Å². The van der Waals surface area contributed by atoms with E-state index in [4.69, 9.17) is 10.6 Å². The van der Waals surface area contributed by atoms with Crippen LogP contribution in [0.3, 0.4) is 0 Å². The maximum atomic E-state index is 12.5. The van der Waals surface area contributed by atoms with Crippen molar-refractivity contribution in [2.75, 3.05) is 6.61 Å². The fourth-order valence-corrected chi connectivity index (χ4v) is 2.40. The lowest BCUT2D eigenvalue weighted by Crippen LogP contribution is -2.38. The summed E-state index contributed by atoms with van der Waals surface area (Å²) in [5.41, 5.74) is 2.69. The minimum Gasteiger partial charge on any atom is -0.376 e. The number of rotatable bonds is 3. The minimum absolute atomic E-state index is 0.110. The van der Waals surface area contributed by atoms with E-state index >= 15 is 0 Å². The molecule has 1 aromatic rings. The lowest BCUT2D eigenvalue weighted by molar-refractivity contribution is -0.137. The van der Waals surface area contributed by atoms with Gasteiger partial charge < -0.3 is 4.74 Å². The van der Waals surface area contributed by atoms with Gasteiger partial charge in [0.2, 0.25) is 0 Å². The third-order valence-corrected chi connectivity index (χ3v) is 3.55. The van der Waals surface area contributed by atoms with E-state index in [0.29, 0.717) is 18.1 Å². The van der Waals surface area contributed by atoms with Gasteiger partial charge in [-0.15, -0.1) is 0 Å².